The Kier molecular flexibility index (Phi) is 4.11. The van der Waals surface area contributed by atoms with Crippen molar-refractivity contribution in [3.05, 3.63) is 42.0 Å². The van der Waals surface area contributed by atoms with Gasteiger partial charge in [-0.15, -0.1) is 0 Å². The molecule has 0 aliphatic carbocycles. The van der Waals surface area contributed by atoms with E-state index in [1.165, 1.54) is 0 Å². The van der Waals surface area contributed by atoms with Crippen LogP contribution >= 0.6 is 0 Å². The highest BCUT2D eigenvalue weighted by Gasteiger charge is 2.44. The topological polar surface area (TPSA) is 86.5 Å². The summed E-state index contributed by atoms with van der Waals surface area (Å²) in [6, 6.07) is 5.81. The summed E-state index contributed by atoms with van der Waals surface area (Å²) in [4.78, 5) is 22.7. The van der Waals surface area contributed by atoms with Crippen LogP contribution in [0.3, 0.4) is 0 Å². The molecule has 24 heavy (non-hydrogen) atoms. The monoisotopic (exact) mass is 327 g/mol. The number of amides is 1. The first-order valence-corrected chi connectivity index (χ1v) is 7.89. The Morgan fingerprint density at radius 3 is 2.50 bits per heavy atom. The lowest BCUT2D eigenvalue weighted by molar-refractivity contribution is -0.122. The maximum Gasteiger partial charge on any atom is 0.237 e. The summed E-state index contributed by atoms with van der Waals surface area (Å²) in [5.41, 5.74) is 2.78. The fourth-order valence-electron chi connectivity index (χ4n) is 3.02. The molecule has 0 saturated heterocycles. The number of benzene rings is 1. The summed E-state index contributed by atoms with van der Waals surface area (Å²) in [7, 11) is 0. The number of anilines is 1. The molecule has 2 heterocycles. The van der Waals surface area contributed by atoms with Gasteiger partial charge in [0.25, 0.3) is 0 Å². The van der Waals surface area contributed by atoms with E-state index < -0.39 is 11.5 Å². The van der Waals surface area contributed by atoms with Gasteiger partial charge in [0.05, 0.1) is 24.7 Å². The second-order valence-electron chi connectivity index (χ2n) is 6.63. The Morgan fingerprint density at radius 1 is 1.21 bits per heavy atom. The summed E-state index contributed by atoms with van der Waals surface area (Å²) in [5, 5.41) is 18.9. The Morgan fingerprint density at radius 2 is 1.88 bits per heavy atom. The minimum atomic E-state index is -0.970. The van der Waals surface area contributed by atoms with Gasteiger partial charge < -0.3 is 15.1 Å². The number of aliphatic hydroxyl groups excluding tert-OH is 2. The lowest BCUT2D eigenvalue weighted by atomic mass is 9.85. The van der Waals surface area contributed by atoms with Crippen LogP contribution in [0.1, 0.15) is 25.2 Å². The molecule has 1 aliphatic heterocycles. The van der Waals surface area contributed by atoms with Gasteiger partial charge in [-0.25, -0.2) is 9.97 Å². The predicted molar refractivity (Wildman–Crippen MR) is 90.7 cm³/mol. The number of fused-ring (bicyclic) bond motifs is 1. The van der Waals surface area contributed by atoms with Crippen LogP contribution in [0, 0.1) is 6.92 Å². The summed E-state index contributed by atoms with van der Waals surface area (Å²) >= 11 is 0. The molecule has 126 valence electrons. The minimum absolute atomic E-state index is 0.0691. The first-order chi connectivity index (χ1) is 11.3. The van der Waals surface area contributed by atoms with Gasteiger partial charge in [-0.05, 0) is 38.0 Å². The van der Waals surface area contributed by atoms with Gasteiger partial charge in [0.15, 0.2) is 0 Å². The van der Waals surface area contributed by atoms with Crippen molar-refractivity contribution in [2.24, 2.45) is 0 Å². The number of β-amino-alcohol motifs (C(OH)–C–C–N with tert-alkyl or cyclic N) is 1. The number of hydrogen-bond acceptors (Lipinski definition) is 5. The maximum absolute atomic E-state index is 12.7. The van der Waals surface area contributed by atoms with Gasteiger partial charge in [-0.1, -0.05) is 12.1 Å². The standard InChI is InChI=1S/C18H21N3O3/c1-11-19-7-13(8-20-11)12-4-5-15-16(6-12)21(9-14(23)10-22)17(24)18(15,2)3/h4-8,14,22-23H,9-10H2,1-3H3. The van der Waals surface area contributed by atoms with E-state index in [0.717, 1.165) is 22.4 Å². The van der Waals surface area contributed by atoms with Crippen molar-refractivity contribution < 1.29 is 15.0 Å². The fraction of sp³-hybridized carbons (Fsp3) is 0.389. The largest absolute Gasteiger partial charge is 0.394 e. The van der Waals surface area contributed by atoms with Crippen LogP contribution in [-0.4, -0.2) is 45.3 Å². The van der Waals surface area contributed by atoms with Crippen molar-refractivity contribution in [3.63, 3.8) is 0 Å². The molecule has 6 heteroatoms. The van der Waals surface area contributed by atoms with E-state index in [0.29, 0.717) is 5.82 Å². The molecule has 0 bridgehead atoms. The van der Waals surface area contributed by atoms with Gasteiger partial charge in [-0.3, -0.25) is 4.79 Å². The average Bonchev–Trinajstić information content (AvgIpc) is 2.76. The fourth-order valence-corrected chi connectivity index (χ4v) is 3.02. The zero-order valence-corrected chi connectivity index (χ0v) is 14.0. The van der Waals surface area contributed by atoms with Gasteiger partial charge >= 0.3 is 0 Å². The maximum atomic E-state index is 12.7. The van der Waals surface area contributed by atoms with Crippen molar-refractivity contribution in [2.75, 3.05) is 18.1 Å². The van der Waals surface area contributed by atoms with Crippen molar-refractivity contribution in [1.29, 1.82) is 0 Å². The molecule has 2 aromatic rings. The Balaban J connectivity index is 2.06. The lowest BCUT2D eigenvalue weighted by Gasteiger charge is -2.22. The first-order valence-electron chi connectivity index (χ1n) is 7.89. The predicted octanol–water partition coefficient (Wildman–Crippen LogP) is 1.43. The third-order valence-electron chi connectivity index (χ3n) is 4.46. The van der Waals surface area contributed by atoms with Crippen LogP contribution in [0.2, 0.25) is 0 Å². The normalized spacial score (nSPS) is 17.0. The van der Waals surface area contributed by atoms with E-state index in [1.807, 2.05) is 39.0 Å². The van der Waals surface area contributed by atoms with Crippen molar-refractivity contribution in [1.82, 2.24) is 9.97 Å². The molecular weight excluding hydrogens is 306 g/mol. The quantitative estimate of drug-likeness (QED) is 0.887. The second-order valence-corrected chi connectivity index (χ2v) is 6.63. The highest BCUT2D eigenvalue weighted by Crippen LogP contribution is 2.43. The van der Waals surface area contributed by atoms with Crippen LogP contribution < -0.4 is 4.90 Å². The third kappa shape index (κ3) is 2.68. The van der Waals surface area contributed by atoms with E-state index >= 15 is 0 Å². The molecule has 0 saturated carbocycles. The van der Waals surface area contributed by atoms with Crippen LogP contribution in [0.25, 0.3) is 11.1 Å². The van der Waals surface area contributed by atoms with Crippen LogP contribution in [0.4, 0.5) is 5.69 Å². The molecule has 1 aliphatic rings. The van der Waals surface area contributed by atoms with Gasteiger partial charge in [0, 0.05) is 23.6 Å². The van der Waals surface area contributed by atoms with E-state index in [2.05, 4.69) is 9.97 Å². The Bertz CT molecular complexity index is 772. The number of aromatic nitrogens is 2. The molecule has 1 amide bonds. The van der Waals surface area contributed by atoms with Crippen LogP contribution in [0.15, 0.2) is 30.6 Å². The highest BCUT2D eigenvalue weighted by molar-refractivity contribution is 6.08. The molecule has 1 unspecified atom stereocenters. The second kappa shape index (κ2) is 5.96. The highest BCUT2D eigenvalue weighted by atomic mass is 16.3. The first kappa shape index (κ1) is 16.5. The molecule has 1 atom stereocenters. The minimum Gasteiger partial charge on any atom is -0.394 e. The summed E-state index contributed by atoms with van der Waals surface area (Å²) in [6.07, 6.45) is 2.53. The van der Waals surface area contributed by atoms with E-state index in [9.17, 15) is 9.90 Å². The lowest BCUT2D eigenvalue weighted by Crippen LogP contribution is -2.41. The van der Waals surface area contributed by atoms with E-state index in [1.54, 1.807) is 17.3 Å². The number of rotatable bonds is 4. The van der Waals surface area contributed by atoms with Crippen LogP contribution in [0.5, 0.6) is 0 Å². The molecule has 1 aromatic carbocycles. The zero-order chi connectivity index (χ0) is 17.5. The number of hydrogen-bond donors (Lipinski definition) is 2. The summed E-state index contributed by atoms with van der Waals surface area (Å²) in [6.45, 7) is 5.25. The van der Waals surface area contributed by atoms with E-state index in [4.69, 9.17) is 5.11 Å². The summed E-state index contributed by atoms with van der Waals surface area (Å²) in [5.74, 6) is 0.617. The molecule has 3 rings (SSSR count). The molecule has 0 spiro atoms. The zero-order valence-electron chi connectivity index (χ0n) is 14.0. The van der Waals surface area contributed by atoms with Gasteiger partial charge in [0.2, 0.25) is 5.91 Å². The number of aliphatic hydroxyl groups is 2. The van der Waals surface area contributed by atoms with Crippen molar-refractivity contribution in [3.8, 4) is 11.1 Å². The van der Waals surface area contributed by atoms with Gasteiger partial charge in [0.1, 0.15) is 5.82 Å². The molecule has 0 radical (unpaired) electrons. The number of nitrogens with zero attached hydrogens (tertiary/aromatic N) is 3. The number of carbonyl (C=O) groups excluding carboxylic acids is 1. The van der Waals surface area contributed by atoms with Crippen molar-refractivity contribution in [2.45, 2.75) is 32.3 Å². The molecule has 1 aromatic heterocycles. The Labute approximate surface area is 140 Å². The molecule has 2 N–H and O–H groups in total. The number of carbonyl (C=O) groups is 1. The molecule has 6 nitrogen and oxygen atoms in total. The molecular formula is C18H21N3O3. The van der Waals surface area contributed by atoms with Crippen LogP contribution in [-0.2, 0) is 10.2 Å². The molecule has 0 fully saturated rings. The van der Waals surface area contributed by atoms with Gasteiger partial charge in [-0.2, -0.15) is 0 Å². The number of aryl methyl sites for hydroxylation is 1. The SMILES string of the molecule is Cc1ncc(-c2ccc3c(c2)N(CC(O)CO)C(=O)C3(C)C)cn1. The van der Waals surface area contributed by atoms with E-state index in [-0.39, 0.29) is 19.1 Å². The third-order valence-corrected chi connectivity index (χ3v) is 4.46. The average molecular weight is 327 g/mol. The summed E-state index contributed by atoms with van der Waals surface area (Å²) < 4.78 is 0. The van der Waals surface area contributed by atoms with Crippen molar-refractivity contribution >= 4 is 11.6 Å². The smallest absolute Gasteiger partial charge is 0.237 e. The Hall–Kier alpha value is -2.31.